The van der Waals surface area contributed by atoms with E-state index >= 15 is 0 Å². The summed E-state index contributed by atoms with van der Waals surface area (Å²) in [7, 11) is 0. The topological polar surface area (TPSA) is 64.8 Å². The number of rotatable bonds is 4. The van der Waals surface area contributed by atoms with Crippen LogP contribution in [0.3, 0.4) is 0 Å². The van der Waals surface area contributed by atoms with Crippen LogP contribution in [0, 0.1) is 0 Å². The summed E-state index contributed by atoms with van der Waals surface area (Å²) in [4.78, 5) is 18.6. The molecule has 3 aromatic rings. The fourth-order valence-corrected chi connectivity index (χ4v) is 2.84. The Morgan fingerprint density at radius 3 is 2.84 bits per heavy atom. The van der Waals surface area contributed by atoms with Crippen molar-refractivity contribution in [2.45, 2.75) is 6.61 Å². The van der Waals surface area contributed by atoms with Gasteiger partial charge in [-0.25, -0.2) is 0 Å². The van der Waals surface area contributed by atoms with Crippen molar-refractivity contribution in [1.82, 2.24) is 4.98 Å². The van der Waals surface area contributed by atoms with Crippen LogP contribution in [0.25, 0.3) is 11.0 Å². The molecule has 6 nitrogen and oxygen atoms in total. The third kappa shape index (κ3) is 3.34. The monoisotopic (exact) mass is 338 g/mol. The van der Waals surface area contributed by atoms with E-state index in [-0.39, 0.29) is 5.43 Å². The normalized spacial score (nSPS) is 14.6. The predicted octanol–water partition coefficient (Wildman–Crippen LogP) is 2.60. The molecule has 4 rings (SSSR count). The molecule has 1 aliphatic heterocycles. The van der Waals surface area contributed by atoms with Crippen molar-refractivity contribution in [3.63, 3.8) is 0 Å². The number of hydrogen-bond acceptors (Lipinski definition) is 6. The summed E-state index contributed by atoms with van der Waals surface area (Å²) in [6.07, 6.45) is 3.47. The summed E-state index contributed by atoms with van der Waals surface area (Å²) in [5.41, 5.74) is 1.35. The van der Waals surface area contributed by atoms with Crippen LogP contribution in [0.1, 0.15) is 5.56 Å². The SMILES string of the molecule is O=c1cc(N2CCOCC2)oc2c(OCc3cccnc3)cccc12. The van der Waals surface area contributed by atoms with Crippen molar-refractivity contribution in [3.05, 3.63) is 64.6 Å². The third-order valence-electron chi connectivity index (χ3n) is 4.15. The largest absolute Gasteiger partial charge is 0.485 e. The zero-order valence-corrected chi connectivity index (χ0v) is 13.7. The second-order valence-electron chi connectivity index (χ2n) is 5.83. The van der Waals surface area contributed by atoms with Crippen LogP contribution in [-0.2, 0) is 11.3 Å². The minimum absolute atomic E-state index is 0.0745. The first-order chi connectivity index (χ1) is 12.3. The molecule has 128 valence electrons. The molecule has 0 spiro atoms. The Labute approximate surface area is 144 Å². The van der Waals surface area contributed by atoms with Crippen molar-refractivity contribution in [2.24, 2.45) is 0 Å². The van der Waals surface area contributed by atoms with Gasteiger partial charge >= 0.3 is 0 Å². The molecule has 0 saturated carbocycles. The molecule has 0 bridgehead atoms. The van der Waals surface area contributed by atoms with E-state index in [1.807, 2.05) is 23.1 Å². The highest BCUT2D eigenvalue weighted by Gasteiger charge is 2.17. The summed E-state index contributed by atoms with van der Waals surface area (Å²) in [6, 6.07) is 10.7. The highest BCUT2D eigenvalue weighted by Crippen LogP contribution is 2.28. The van der Waals surface area contributed by atoms with Crippen LogP contribution in [-0.4, -0.2) is 31.3 Å². The van der Waals surface area contributed by atoms with E-state index in [0.29, 0.717) is 55.5 Å². The molecule has 1 aromatic carbocycles. The fourth-order valence-electron chi connectivity index (χ4n) is 2.84. The maximum Gasteiger partial charge on any atom is 0.200 e. The van der Waals surface area contributed by atoms with Gasteiger partial charge in [0.15, 0.2) is 22.6 Å². The fraction of sp³-hybridized carbons (Fsp3) is 0.263. The van der Waals surface area contributed by atoms with E-state index in [2.05, 4.69) is 4.98 Å². The van der Waals surface area contributed by atoms with E-state index in [1.54, 1.807) is 30.6 Å². The zero-order chi connectivity index (χ0) is 17.1. The average molecular weight is 338 g/mol. The van der Waals surface area contributed by atoms with Gasteiger partial charge in [0.05, 0.1) is 18.6 Å². The number of aromatic nitrogens is 1. The van der Waals surface area contributed by atoms with Crippen LogP contribution >= 0.6 is 0 Å². The Balaban J connectivity index is 1.68. The molecular weight excluding hydrogens is 320 g/mol. The van der Waals surface area contributed by atoms with Crippen LogP contribution in [0.2, 0.25) is 0 Å². The predicted molar refractivity (Wildman–Crippen MR) is 94.1 cm³/mol. The number of fused-ring (bicyclic) bond motifs is 1. The first-order valence-corrected chi connectivity index (χ1v) is 8.22. The quantitative estimate of drug-likeness (QED) is 0.729. The van der Waals surface area contributed by atoms with Gasteiger partial charge in [0.1, 0.15) is 6.61 Å². The summed E-state index contributed by atoms with van der Waals surface area (Å²) in [5.74, 6) is 1.10. The summed E-state index contributed by atoms with van der Waals surface area (Å²) in [6.45, 7) is 3.01. The highest BCUT2D eigenvalue weighted by atomic mass is 16.5. The summed E-state index contributed by atoms with van der Waals surface area (Å²) >= 11 is 0. The van der Waals surface area contributed by atoms with Gasteiger partial charge in [-0.15, -0.1) is 0 Å². The number of para-hydroxylation sites is 1. The van der Waals surface area contributed by atoms with E-state index in [4.69, 9.17) is 13.9 Å². The summed E-state index contributed by atoms with van der Waals surface area (Å²) < 4.78 is 17.3. The number of pyridine rings is 1. The summed E-state index contributed by atoms with van der Waals surface area (Å²) in [5, 5.41) is 0.515. The Kier molecular flexibility index (Phi) is 4.35. The lowest BCUT2D eigenvalue weighted by molar-refractivity contribution is 0.120. The molecule has 1 saturated heterocycles. The minimum atomic E-state index is -0.0745. The van der Waals surface area contributed by atoms with E-state index in [0.717, 1.165) is 5.56 Å². The molecule has 0 atom stereocenters. The van der Waals surface area contributed by atoms with Crippen LogP contribution < -0.4 is 15.1 Å². The lowest BCUT2D eigenvalue weighted by Crippen LogP contribution is -2.36. The van der Waals surface area contributed by atoms with E-state index < -0.39 is 0 Å². The van der Waals surface area contributed by atoms with Crippen molar-refractivity contribution in [3.8, 4) is 5.75 Å². The lowest BCUT2D eigenvalue weighted by atomic mass is 10.2. The van der Waals surface area contributed by atoms with Crippen molar-refractivity contribution < 1.29 is 13.9 Å². The second-order valence-corrected chi connectivity index (χ2v) is 5.83. The standard InChI is InChI=1S/C19H18N2O4/c22-16-11-18(21-7-9-23-10-8-21)25-19-15(16)4-1-5-17(19)24-13-14-3-2-6-20-12-14/h1-6,11-12H,7-10,13H2. The molecule has 2 aromatic heterocycles. The highest BCUT2D eigenvalue weighted by molar-refractivity contribution is 5.83. The molecule has 1 fully saturated rings. The number of anilines is 1. The van der Waals surface area contributed by atoms with Crippen molar-refractivity contribution >= 4 is 16.9 Å². The number of benzene rings is 1. The smallest absolute Gasteiger partial charge is 0.200 e. The molecule has 3 heterocycles. The van der Waals surface area contributed by atoms with E-state index in [1.165, 1.54) is 0 Å². The molecule has 1 aliphatic rings. The molecular formula is C19H18N2O4. The van der Waals surface area contributed by atoms with Gasteiger partial charge in [0.2, 0.25) is 0 Å². The van der Waals surface area contributed by atoms with Crippen LogP contribution in [0.5, 0.6) is 5.75 Å². The van der Waals surface area contributed by atoms with Crippen molar-refractivity contribution in [2.75, 3.05) is 31.2 Å². The third-order valence-corrected chi connectivity index (χ3v) is 4.15. The number of ether oxygens (including phenoxy) is 2. The van der Waals surface area contributed by atoms with Gasteiger partial charge in [0.25, 0.3) is 0 Å². The van der Waals surface area contributed by atoms with Gasteiger partial charge in [-0.3, -0.25) is 9.78 Å². The molecule has 0 N–H and O–H groups in total. The Morgan fingerprint density at radius 2 is 2.04 bits per heavy atom. The minimum Gasteiger partial charge on any atom is -0.485 e. The molecule has 0 aliphatic carbocycles. The van der Waals surface area contributed by atoms with Gasteiger partial charge in [-0.05, 0) is 18.2 Å². The van der Waals surface area contributed by atoms with Crippen LogP contribution in [0.4, 0.5) is 5.88 Å². The van der Waals surface area contributed by atoms with Crippen LogP contribution in [0.15, 0.2) is 58.0 Å². The Bertz CT molecular complexity index is 918. The first-order valence-electron chi connectivity index (χ1n) is 8.22. The van der Waals surface area contributed by atoms with Gasteiger partial charge in [0, 0.05) is 37.1 Å². The molecule has 6 heteroatoms. The van der Waals surface area contributed by atoms with Gasteiger partial charge in [-0.2, -0.15) is 0 Å². The maximum absolute atomic E-state index is 12.5. The second kappa shape index (κ2) is 6.94. The number of morpholine rings is 1. The lowest BCUT2D eigenvalue weighted by Gasteiger charge is -2.27. The Hall–Kier alpha value is -2.86. The number of hydrogen-bond donors (Lipinski definition) is 0. The molecule has 0 amide bonds. The molecule has 25 heavy (non-hydrogen) atoms. The van der Waals surface area contributed by atoms with Crippen molar-refractivity contribution in [1.29, 1.82) is 0 Å². The maximum atomic E-state index is 12.5. The molecule has 0 radical (unpaired) electrons. The van der Waals surface area contributed by atoms with Gasteiger partial charge in [-0.1, -0.05) is 12.1 Å². The van der Waals surface area contributed by atoms with E-state index in [9.17, 15) is 4.79 Å². The molecule has 0 unspecified atom stereocenters. The average Bonchev–Trinajstić information content (AvgIpc) is 2.68. The Morgan fingerprint density at radius 1 is 1.16 bits per heavy atom. The number of nitrogens with zero attached hydrogens (tertiary/aromatic N) is 2. The first kappa shape index (κ1) is 15.7. The zero-order valence-electron chi connectivity index (χ0n) is 13.7. The van der Waals surface area contributed by atoms with Gasteiger partial charge < -0.3 is 18.8 Å².